The van der Waals surface area contributed by atoms with Crippen molar-refractivity contribution in [1.29, 1.82) is 0 Å². The molecule has 0 fully saturated rings. The molecular formula is C27H32Cl2N4O2S. The number of hydrogen-bond acceptors (Lipinski definition) is 5. The van der Waals surface area contributed by atoms with Crippen LogP contribution < -0.4 is 9.73 Å². The van der Waals surface area contributed by atoms with Gasteiger partial charge in [-0.1, -0.05) is 80.7 Å². The number of sulfonamides is 1. The molecule has 3 rings (SSSR count). The standard InChI is InChI=1S/C25H26Cl2N4O2S.C2H6/c1-3-7-24(25(28-2)30-34(32,33)23-16-12-21(27)13-17-23)29-31(18-19-8-5-4-6-9-19)22-14-10-20(26)11-15-22;1-2/h4-6,8-17H,3,7,18H2,1-2H3,(H,28,30);1-2H3/b29-24+;. The Morgan fingerprint density at radius 2 is 1.44 bits per heavy atom. The van der Waals surface area contributed by atoms with Crippen LogP contribution in [0.15, 0.2) is 93.9 Å². The highest BCUT2D eigenvalue weighted by atomic mass is 35.5. The van der Waals surface area contributed by atoms with Crippen molar-refractivity contribution in [3.63, 3.8) is 0 Å². The Hall–Kier alpha value is -2.87. The smallest absolute Gasteiger partial charge is 0.263 e. The predicted octanol–water partition coefficient (Wildman–Crippen LogP) is 7.19. The van der Waals surface area contributed by atoms with Crippen molar-refractivity contribution in [2.24, 2.45) is 10.1 Å². The second-order valence-electron chi connectivity index (χ2n) is 7.45. The summed E-state index contributed by atoms with van der Waals surface area (Å²) >= 11 is 12.0. The fourth-order valence-electron chi connectivity index (χ4n) is 3.19. The van der Waals surface area contributed by atoms with Gasteiger partial charge in [0.15, 0.2) is 5.84 Å². The second-order valence-corrected chi connectivity index (χ2v) is 10.0. The van der Waals surface area contributed by atoms with Gasteiger partial charge in [0.1, 0.15) is 5.71 Å². The molecule has 0 saturated carbocycles. The second kappa shape index (κ2) is 14.6. The van der Waals surface area contributed by atoms with E-state index in [0.29, 0.717) is 28.7 Å². The predicted molar refractivity (Wildman–Crippen MR) is 153 cm³/mol. The summed E-state index contributed by atoms with van der Waals surface area (Å²) in [4.78, 5) is 4.32. The number of anilines is 1. The molecule has 0 atom stereocenters. The van der Waals surface area contributed by atoms with Crippen molar-refractivity contribution in [2.75, 3.05) is 12.1 Å². The van der Waals surface area contributed by atoms with E-state index in [1.54, 1.807) is 12.1 Å². The molecule has 0 aliphatic carbocycles. The molecule has 0 radical (unpaired) electrons. The third kappa shape index (κ3) is 8.66. The molecule has 0 saturated heterocycles. The van der Waals surface area contributed by atoms with Crippen LogP contribution in [0.2, 0.25) is 10.0 Å². The lowest BCUT2D eigenvalue weighted by molar-refractivity contribution is 0.592. The zero-order chi connectivity index (χ0) is 26.6. The minimum Gasteiger partial charge on any atom is -0.270 e. The van der Waals surface area contributed by atoms with E-state index in [1.165, 1.54) is 31.3 Å². The normalized spacial score (nSPS) is 11.9. The lowest BCUT2D eigenvalue weighted by Crippen LogP contribution is -2.37. The van der Waals surface area contributed by atoms with Crippen LogP contribution in [0.1, 0.15) is 39.2 Å². The van der Waals surface area contributed by atoms with E-state index in [2.05, 4.69) is 9.71 Å². The fraction of sp³-hybridized carbons (Fsp3) is 0.259. The lowest BCUT2D eigenvalue weighted by atomic mass is 10.2. The van der Waals surface area contributed by atoms with Crippen molar-refractivity contribution in [3.05, 3.63) is 94.5 Å². The molecule has 0 spiro atoms. The number of hydrazone groups is 1. The van der Waals surface area contributed by atoms with E-state index in [1.807, 2.05) is 68.2 Å². The number of amidine groups is 1. The largest absolute Gasteiger partial charge is 0.270 e. The summed E-state index contributed by atoms with van der Waals surface area (Å²) in [5.41, 5.74) is 2.39. The highest BCUT2D eigenvalue weighted by Gasteiger charge is 2.20. The molecule has 1 N–H and O–H groups in total. The van der Waals surface area contributed by atoms with Crippen molar-refractivity contribution in [3.8, 4) is 0 Å². The highest BCUT2D eigenvalue weighted by molar-refractivity contribution is 7.90. The minimum atomic E-state index is -3.87. The van der Waals surface area contributed by atoms with Crippen LogP contribution in [0.4, 0.5) is 5.69 Å². The van der Waals surface area contributed by atoms with Crippen LogP contribution in [0.5, 0.6) is 0 Å². The maximum absolute atomic E-state index is 13.0. The van der Waals surface area contributed by atoms with Gasteiger partial charge in [-0.25, -0.2) is 8.42 Å². The van der Waals surface area contributed by atoms with Gasteiger partial charge in [-0.15, -0.1) is 0 Å². The summed E-state index contributed by atoms with van der Waals surface area (Å²) in [6.45, 7) is 6.48. The molecule has 0 amide bonds. The Morgan fingerprint density at radius 1 is 0.889 bits per heavy atom. The number of nitrogens with one attached hydrogen (secondary N) is 1. The molecule has 192 valence electrons. The quantitative estimate of drug-likeness (QED) is 0.175. The molecular weight excluding hydrogens is 515 g/mol. The van der Waals surface area contributed by atoms with Gasteiger partial charge in [0, 0.05) is 17.1 Å². The van der Waals surface area contributed by atoms with Gasteiger partial charge in [-0.05, 0) is 60.5 Å². The van der Waals surface area contributed by atoms with Crippen LogP contribution in [-0.2, 0) is 16.6 Å². The summed E-state index contributed by atoms with van der Waals surface area (Å²) in [5.74, 6) is 0.184. The van der Waals surface area contributed by atoms with E-state index in [-0.39, 0.29) is 10.7 Å². The van der Waals surface area contributed by atoms with Gasteiger partial charge in [-0.3, -0.25) is 14.7 Å². The molecule has 36 heavy (non-hydrogen) atoms. The number of benzene rings is 3. The molecule has 3 aromatic rings. The number of halogens is 2. The fourth-order valence-corrected chi connectivity index (χ4v) is 4.51. The van der Waals surface area contributed by atoms with Crippen LogP contribution in [0.3, 0.4) is 0 Å². The Kier molecular flexibility index (Phi) is 11.9. The lowest BCUT2D eigenvalue weighted by Gasteiger charge is -2.22. The molecule has 0 aromatic heterocycles. The van der Waals surface area contributed by atoms with Crippen molar-refractivity contribution in [1.82, 2.24) is 4.72 Å². The Balaban J connectivity index is 0.00000222. The highest BCUT2D eigenvalue weighted by Crippen LogP contribution is 2.22. The third-order valence-corrected chi connectivity index (χ3v) is 6.74. The van der Waals surface area contributed by atoms with Crippen molar-refractivity contribution >= 4 is 50.5 Å². The van der Waals surface area contributed by atoms with E-state index >= 15 is 0 Å². The monoisotopic (exact) mass is 546 g/mol. The molecule has 0 bridgehead atoms. The minimum absolute atomic E-state index is 0.0905. The Bertz CT molecular complexity index is 1250. The van der Waals surface area contributed by atoms with Gasteiger partial charge in [0.2, 0.25) is 0 Å². The maximum Gasteiger partial charge on any atom is 0.263 e. The SMILES string of the molecule is CC.CCC/C(=N\N(Cc1ccccc1)c1ccc(Cl)cc1)C(=NC)NS(=O)(=O)c1ccc(Cl)cc1. The van der Waals surface area contributed by atoms with Crippen LogP contribution in [0, 0.1) is 0 Å². The van der Waals surface area contributed by atoms with Gasteiger partial charge in [0.05, 0.1) is 17.1 Å². The van der Waals surface area contributed by atoms with Gasteiger partial charge < -0.3 is 0 Å². The third-order valence-electron chi connectivity index (χ3n) is 4.88. The molecule has 0 aliphatic rings. The van der Waals surface area contributed by atoms with Gasteiger partial charge in [0.25, 0.3) is 10.0 Å². The summed E-state index contributed by atoms with van der Waals surface area (Å²) < 4.78 is 28.6. The van der Waals surface area contributed by atoms with Crippen LogP contribution >= 0.6 is 23.2 Å². The van der Waals surface area contributed by atoms with Gasteiger partial charge >= 0.3 is 0 Å². The average Bonchev–Trinajstić information content (AvgIpc) is 2.89. The van der Waals surface area contributed by atoms with Gasteiger partial charge in [-0.2, -0.15) is 5.10 Å². The first kappa shape index (κ1) is 29.4. The summed E-state index contributed by atoms with van der Waals surface area (Å²) in [6.07, 6.45) is 1.27. The molecule has 9 heteroatoms. The molecule has 0 aliphatic heterocycles. The van der Waals surface area contributed by atoms with E-state index in [4.69, 9.17) is 28.3 Å². The van der Waals surface area contributed by atoms with Crippen molar-refractivity contribution in [2.45, 2.75) is 45.1 Å². The zero-order valence-electron chi connectivity index (χ0n) is 20.9. The van der Waals surface area contributed by atoms with E-state index in [9.17, 15) is 8.42 Å². The first-order valence-corrected chi connectivity index (χ1v) is 14.0. The Labute approximate surface area is 224 Å². The summed E-state index contributed by atoms with van der Waals surface area (Å²) in [6, 6.07) is 23.2. The van der Waals surface area contributed by atoms with Crippen LogP contribution in [0.25, 0.3) is 0 Å². The van der Waals surface area contributed by atoms with Crippen molar-refractivity contribution < 1.29 is 8.42 Å². The average molecular weight is 548 g/mol. The molecule has 6 nitrogen and oxygen atoms in total. The van der Waals surface area contributed by atoms with Crippen LogP contribution in [-0.4, -0.2) is 27.0 Å². The number of aliphatic imine (C=N–C) groups is 1. The first-order valence-electron chi connectivity index (χ1n) is 11.7. The number of hydrogen-bond donors (Lipinski definition) is 1. The Morgan fingerprint density at radius 3 is 1.97 bits per heavy atom. The molecule has 3 aromatic carbocycles. The molecule has 0 heterocycles. The summed E-state index contributed by atoms with van der Waals surface area (Å²) in [7, 11) is -2.34. The number of nitrogens with zero attached hydrogens (tertiary/aromatic N) is 3. The summed E-state index contributed by atoms with van der Waals surface area (Å²) in [5, 5.41) is 7.74. The van der Waals surface area contributed by atoms with E-state index in [0.717, 1.165) is 17.7 Å². The maximum atomic E-state index is 13.0. The molecule has 0 unspecified atom stereocenters. The zero-order valence-corrected chi connectivity index (χ0v) is 23.3. The topological polar surface area (TPSA) is 74.1 Å². The first-order chi connectivity index (χ1) is 17.3. The number of rotatable bonds is 9. The van der Waals surface area contributed by atoms with E-state index < -0.39 is 10.0 Å².